The molecule has 1 saturated carbocycles. The van der Waals surface area contributed by atoms with Gasteiger partial charge in [0.05, 0.1) is 5.75 Å². The lowest BCUT2D eigenvalue weighted by Crippen LogP contribution is -2.35. The van der Waals surface area contributed by atoms with Gasteiger partial charge in [-0.25, -0.2) is 0 Å². The molecule has 0 radical (unpaired) electrons. The first-order valence-corrected chi connectivity index (χ1v) is 4.75. The molecule has 0 bridgehead atoms. The van der Waals surface area contributed by atoms with E-state index in [2.05, 4.69) is 12.6 Å². The zero-order valence-electron chi connectivity index (χ0n) is 6.92. The first-order chi connectivity index (χ1) is 5.25. The van der Waals surface area contributed by atoms with Crippen LogP contribution in [-0.2, 0) is 4.79 Å². The van der Waals surface area contributed by atoms with E-state index >= 15 is 0 Å². The third-order valence-electron chi connectivity index (χ3n) is 2.40. The van der Waals surface area contributed by atoms with Crippen molar-refractivity contribution < 1.29 is 4.79 Å². The second-order valence-electron chi connectivity index (χ2n) is 3.10. The predicted molar refractivity (Wildman–Crippen MR) is 48.9 cm³/mol. The molecule has 1 rings (SSSR count). The van der Waals surface area contributed by atoms with E-state index in [1.807, 2.05) is 11.9 Å². The molecule has 0 unspecified atom stereocenters. The molecule has 0 N–H and O–H groups in total. The predicted octanol–water partition coefficient (Wildman–Crippen LogP) is 1.32. The maximum atomic E-state index is 11.1. The summed E-state index contributed by atoms with van der Waals surface area (Å²) in [7, 11) is 1.88. The minimum atomic E-state index is 0.153. The van der Waals surface area contributed by atoms with E-state index in [1.54, 1.807) is 0 Å². The number of hydrogen-bond donors (Lipinski definition) is 1. The Bertz CT molecular complexity index is 143. The van der Waals surface area contributed by atoms with Crippen LogP contribution in [0.25, 0.3) is 0 Å². The highest BCUT2D eigenvalue weighted by Crippen LogP contribution is 2.22. The number of rotatable bonds is 2. The van der Waals surface area contributed by atoms with Crippen molar-refractivity contribution in [3.63, 3.8) is 0 Å². The third-order valence-corrected chi connectivity index (χ3v) is 2.67. The molecule has 11 heavy (non-hydrogen) atoms. The molecule has 1 amide bonds. The summed E-state index contributed by atoms with van der Waals surface area (Å²) < 4.78 is 0. The summed E-state index contributed by atoms with van der Waals surface area (Å²) in [4.78, 5) is 13.0. The summed E-state index contributed by atoms with van der Waals surface area (Å²) >= 11 is 3.96. The average molecular weight is 173 g/mol. The molecule has 1 aliphatic carbocycles. The first kappa shape index (κ1) is 8.91. The number of amides is 1. The number of carbonyl (C=O) groups excluding carboxylic acids is 1. The minimum absolute atomic E-state index is 0.153. The fourth-order valence-electron chi connectivity index (χ4n) is 1.61. The van der Waals surface area contributed by atoms with Crippen LogP contribution < -0.4 is 0 Å². The van der Waals surface area contributed by atoms with Gasteiger partial charge in [0.1, 0.15) is 0 Å². The van der Waals surface area contributed by atoms with Crippen molar-refractivity contribution in [3.8, 4) is 0 Å². The monoisotopic (exact) mass is 173 g/mol. The van der Waals surface area contributed by atoms with Crippen LogP contribution in [0.4, 0.5) is 0 Å². The van der Waals surface area contributed by atoms with Gasteiger partial charge < -0.3 is 4.90 Å². The topological polar surface area (TPSA) is 20.3 Å². The highest BCUT2D eigenvalue weighted by atomic mass is 32.1. The molecule has 0 aromatic carbocycles. The number of carbonyl (C=O) groups is 1. The number of thiol groups is 1. The van der Waals surface area contributed by atoms with Gasteiger partial charge in [-0.1, -0.05) is 12.8 Å². The van der Waals surface area contributed by atoms with Crippen LogP contribution in [0.15, 0.2) is 0 Å². The van der Waals surface area contributed by atoms with Crippen molar-refractivity contribution in [3.05, 3.63) is 0 Å². The standard InChI is InChI=1S/C8H15NOS/c1-9(8(10)6-11)7-4-2-3-5-7/h7,11H,2-6H2,1H3. The smallest absolute Gasteiger partial charge is 0.232 e. The van der Waals surface area contributed by atoms with Gasteiger partial charge in [0.25, 0.3) is 0 Å². The Morgan fingerprint density at radius 1 is 1.55 bits per heavy atom. The number of hydrogen-bond acceptors (Lipinski definition) is 2. The SMILES string of the molecule is CN(C(=O)CS)C1CCCC1. The molecule has 0 aromatic rings. The van der Waals surface area contributed by atoms with Crippen LogP contribution in [0.3, 0.4) is 0 Å². The zero-order chi connectivity index (χ0) is 8.27. The van der Waals surface area contributed by atoms with E-state index in [9.17, 15) is 4.79 Å². The van der Waals surface area contributed by atoms with Gasteiger partial charge in [-0.2, -0.15) is 12.6 Å². The van der Waals surface area contributed by atoms with Gasteiger partial charge in [0.2, 0.25) is 5.91 Å². The molecule has 0 atom stereocenters. The molecule has 0 heterocycles. The van der Waals surface area contributed by atoms with Crippen LogP contribution in [0.2, 0.25) is 0 Å². The zero-order valence-corrected chi connectivity index (χ0v) is 7.81. The quantitative estimate of drug-likeness (QED) is 0.624. The fourth-order valence-corrected chi connectivity index (χ4v) is 1.83. The van der Waals surface area contributed by atoms with Gasteiger partial charge in [0, 0.05) is 13.1 Å². The molecular formula is C8H15NOS. The van der Waals surface area contributed by atoms with Gasteiger partial charge in [-0.3, -0.25) is 4.79 Å². The summed E-state index contributed by atoms with van der Waals surface area (Å²) in [5.41, 5.74) is 0. The van der Waals surface area contributed by atoms with E-state index in [1.165, 1.54) is 25.7 Å². The van der Waals surface area contributed by atoms with Gasteiger partial charge in [-0.05, 0) is 12.8 Å². The lowest BCUT2D eigenvalue weighted by Gasteiger charge is -2.23. The lowest BCUT2D eigenvalue weighted by atomic mass is 10.2. The van der Waals surface area contributed by atoms with Crippen molar-refractivity contribution in [1.29, 1.82) is 0 Å². The minimum Gasteiger partial charge on any atom is -0.342 e. The van der Waals surface area contributed by atoms with Crippen LogP contribution >= 0.6 is 12.6 Å². The summed E-state index contributed by atoms with van der Waals surface area (Å²) in [5, 5.41) is 0. The molecule has 64 valence electrons. The molecule has 0 saturated heterocycles. The van der Waals surface area contributed by atoms with E-state index in [-0.39, 0.29) is 5.91 Å². The summed E-state index contributed by atoms with van der Waals surface area (Å²) in [6.45, 7) is 0. The Morgan fingerprint density at radius 2 is 2.09 bits per heavy atom. The fraction of sp³-hybridized carbons (Fsp3) is 0.875. The Hall–Kier alpha value is -0.180. The van der Waals surface area contributed by atoms with Crippen molar-refractivity contribution in [2.24, 2.45) is 0 Å². The molecule has 0 aliphatic heterocycles. The molecule has 3 heteroatoms. The van der Waals surface area contributed by atoms with E-state index in [0.717, 1.165) is 0 Å². The van der Waals surface area contributed by atoms with E-state index in [4.69, 9.17) is 0 Å². The largest absolute Gasteiger partial charge is 0.342 e. The summed E-state index contributed by atoms with van der Waals surface area (Å²) in [5.74, 6) is 0.493. The summed E-state index contributed by atoms with van der Waals surface area (Å²) in [6, 6.07) is 0.495. The Balaban J connectivity index is 2.39. The van der Waals surface area contributed by atoms with Crippen molar-refractivity contribution in [2.45, 2.75) is 31.7 Å². The molecule has 1 aliphatic rings. The van der Waals surface area contributed by atoms with Crippen molar-refractivity contribution >= 4 is 18.5 Å². The number of nitrogens with zero attached hydrogens (tertiary/aromatic N) is 1. The second kappa shape index (κ2) is 4.00. The lowest BCUT2D eigenvalue weighted by molar-refractivity contribution is -0.128. The molecule has 2 nitrogen and oxygen atoms in total. The first-order valence-electron chi connectivity index (χ1n) is 4.12. The maximum Gasteiger partial charge on any atom is 0.232 e. The van der Waals surface area contributed by atoms with Crippen LogP contribution in [0.1, 0.15) is 25.7 Å². The molecule has 0 aromatic heterocycles. The van der Waals surface area contributed by atoms with Gasteiger partial charge in [0.15, 0.2) is 0 Å². The van der Waals surface area contributed by atoms with Crippen LogP contribution in [0, 0.1) is 0 Å². The molecular weight excluding hydrogens is 158 g/mol. The highest BCUT2D eigenvalue weighted by Gasteiger charge is 2.21. The third kappa shape index (κ3) is 2.12. The molecule has 1 fully saturated rings. The molecule has 0 spiro atoms. The highest BCUT2D eigenvalue weighted by molar-refractivity contribution is 7.81. The van der Waals surface area contributed by atoms with Crippen LogP contribution in [0.5, 0.6) is 0 Å². The van der Waals surface area contributed by atoms with E-state index in [0.29, 0.717) is 11.8 Å². The summed E-state index contributed by atoms with van der Waals surface area (Å²) in [6.07, 6.45) is 4.90. The Labute approximate surface area is 73.4 Å². The van der Waals surface area contributed by atoms with Gasteiger partial charge >= 0.3 is 0 Å². The average Bonchev–Trinajstić information content (AvgIpc) is 2.53. The van der Waals surface area contributed by atoms with Crippen LogP contribution in [-0.4, -0.2) is 29.6 Å². The van der Waals surface area contributed by atoms with E-state index < -0.39 is 0 Å². The second-order valence-corrected chi connectivity index (χ2v) is 3.42. The van der Waals surface area contributed by atoms with Crippen molar-refractivity contribution in [2.75, 3.05) is 12.8 Å². The Kier molecular flexibility index (Phi) is 3.24. The Morgan fingerprint density at radius 3 is 2.55 bits per heavy atom. The van der Waals surface area contributed by atoms with Gasteiger partial charge in [-0.15, -0.1) is 0 Å². The van der Waals surface area contributed by atoms with Crippen molar-refractivity contribution in [1.82, 2.24) is 4.90 Å². The maximum absolute atomic E-state index is 11.1. The normalized spacial score (nSPS) is 18.7.